The highest BCUT2D eigenvalue weighted by Gasteiger charge is 2.50. The summed E-state index contributed by atoms with van der Waals surface area (Å²) >= 11 is 9.63. The summed E-state index contributed by atoms with van der Waals surface area (Å²) < 4.78 is 61.4. The summed E-state index contributed by atoms with van der Waals surface area (Å²) in [5.41, 5.74) is -0.470. The van der Waals surface area contributed by atoms with Crippen LogP contribution in [0.25, 0.3) is 11.2 Å². The maximum atomic E-state index is 14.0. The van der Waals surface area contributed by atoms with E-state index in [0.717, 1.165) is 0 Å². The van der Waals surface area contributed by atoms with Crippen LogP contribution in [0.5, 0.6) is 5.88 Å². The summed E-state index contributed by atoms with van der Waals surface area (Å²) in [6.45, 7) is 0.844. The van der Waals surface area contributed by atoms with Gasteiger partial charge in [-0.25, -0.2) is 29.1 Å². The Bertz CT molecular complexity index is 3320. The van der Waals surface area contributed by atoms with Crippen LogP contribution in [-0.2, 0) is 71.4 Å². The third-order valence-electron chi connectivity index (χ3n) is 13.3. The number of imidazole rings is 1. The minimum Gasteiger partial charge on any atom is -0.474 e. The Morgan fingerprint density at radius 2 is 1.72 bits per heavy atom. The minimum atomic E-state index is -4.29. The minimum absolute atomic E-state index is 0.0995. The van der Waals surface area contributed by atoms with E-state index in [1.54, 1.807) is 83.1 Å². The topological polar surface area (TPSA) is 357 Å². The molecule has 2 unspecified atom stereocenters. The zero-order valence-corrected chi connectivity index (χ0v) is 49.6. The monoisotopic (exact) mass is 1230 g/mol. The van der Waals surface area contributed by atoms with Gasteiger partial charge in [0, 0.05) is 43.5 Å². The Hall–Kier alpha value is -6.43. The van der Waals surface area contributed by atoms with E-state index in [9.17, 15) is 43.3 Å². The number of nitrogens with zero attached hydrogens (tertiary/aromatic N) is 6. The summed E-state index contributed by atoms with van der Waals surface area (Å²) in [6, 6.07) is 12.5. The molecule has 448 valence electrons. The fraction of sp³-hybridized carbons (Fsp3) is 0.490. The lowest BCUT2D eigenvalue weighted by Crippen LogP contribution is -2.54. The van der Waals surface area contributed by atoms with Crippen molar-refractivity contribution >= 4 is 90.3 Å². The number of thiol groups is 1. The van der Waals surface area contributed by atoms with Gasteiger partial charge in [0.05, 0.1) is 25.6 Å². The number of amides is 5. The second kappa shape index (κ2) is 26.7. The molecule has 2 bridgehead atoms. The number of H-pyrrole nitrogens is 1. The zero-order chi connectivity index (χ0) is 60.0. The van der Waals surface area contributed by atoms with Gasteiger partial charge in [-0.1, -0.05) is 56.4 Å². The van der Waals surface area contributed by atoms with Gasteiger partial charge in [-0.05, 0) is 93.5 Å². The number of hydrogen-bond donors (Lipinski definition) is 8. The first-order chi connectivity index (χ1) is 39.2. The van der Waals surface area contributed by atoms with Crippen molar-refractivity contribution in [1.29, 1.82) is 0 Å². The van der Waals surface area contributed by atoms with Gasteiger partial charge in [0.25, 0.3) is 11.5 Å². The molecule has 7 N–H and O–H groups in total. The molecule has 5 aromatic rings. The van der Waals surface area contributed by atoms with E-state index in [4.69, 9.17) is 48.8 Å². The second-order valence-electron chi connectivity index (χ2n) is 21.2. The number of aliphatic hydroxyl groups excluding tert-OH is 1. The number of hydrogen-bond acceptors (Lipinski definition) is 21. The number of benzene rings is 2. The molecule has 0 radical (unpaired) electrons. The molecule has 2 aliphatic heterocycles. The number of rotatable bonds is 15. The first-order valence-electron chi connectivity index (χ1n) is 26.2. The molecular weight excluding hydrogens is 1160 g/mol. The van der Waals surface area contributed by atoms with Crippen molar-refractivity contribution in [3.05, 3.63) is 100 Å². The molecule has 28 nitrogen and oxygen atoms in total. The first-order valence-corrected chi connectivity index (χ1v) is 31.5. The first kappa shape index (κ1) is 62.6. The van der Waals surface area contributed by atoms with Crippen LogP contribution < -0.4 is 31.6 Å². The predicted molar refractivity (Wildman–Crippen MR) is 303 cm³/mol. The lowest BCUT2D eigenvalue weighted by Gasteiger charge is -2.27. The van der Waals surface area contributed by atoms with Gasteiger partial charge in [0.2, 0.25) is 23.6 Å². The number of aliphatic hydroxyl groups is 1. The largest absolute Gasteiger partial charge is 0.474 e. The molecule has 3 fully saturated rings. The third-order valence-corrected chi connectivity index (χ3v) is 16.5. The van der Waals surface area contributed by atoms with Crippen molar-refractivity contribution in [2.75, 3.05) is 30.9 Å². The fourth-order valence-corrected chi connectivity index (χ4v) is 12.2. The van der Waals surface area contributed by atoms with E-state index in [0.29, 0.717) is 35.5 Å². The lowest BCUT2D eigenvalue weighted by atomic mass is 10.0. The van der Waals surface area contributed by atoms with Crippen molar-refractivity contribution in [2.45, 2.75) is 128 Å². The Kier molecular flexibility index (Phi) is 20.1. The molecule has 2 aromatic carbocycles. The van der Waals surface area contributed by atoms with Crippen LogP contribution in [0.4, 0.5) is 21.2 Å². The van der Waals surface area contributed by atoms with Gasteiger partial charge in [-0.2, -0.15) is 4.98 Å². The lowest BCUT2D eigenvalue weighted by molar-refractivity contribution is -0.128. The summed E-state index contributed by atoms with van der Waals surface area (Å²) in [6.07, 6.45) is -3.47. The quantitative estimate of drug-likeness (QED) is 0.0474. The Morgan fingerprint density at radius 3 is 2.43 bits per heavy atom. The average Bonchev–Trinajstić information content (AvgIpc) is 2.66. The number of aromatic nitrogens is 6. The summed E-state index contributed by atoms with van der Waals surface area (Å²) in [5.74, 6) is -2.43. The summed E-state index contributed by atoms with van der Waals surface area (Å²) in [7, 11) is 1.47. The second-order valence-corrected chi connectivity index (χ2v) is 26.9. The molecule has 3 aromatic heterocycles. The normalized spacial score (nSPS) is 25.5. The van der Waals surface area contributed by atoms with Crippen molar-refractivity contribution < 1.29 is 75.6 Å². The summed E-state index contributed by atoms with van der Waals surface area (Å²) in [4.78, 5) is 111. The van der Waals surface area contributed by atoms with Crippen LogP contribution in [0.2, 0.25) is 0 Å². The molecule has 83 heavy (non-hydrogen) atoms. The van der Waals surface area contributed by atoms with Gasteiger partial charge in [0.15, 0.2) is 17.4 Å². The number of ether oxygens (including phenoxy) is 4. The van der Waals surface area contributed by atoms with Gasteiger partial charge >= 0.3 is 25.7 Å². The average molecular weight is 1230 g/mol. The van der Waals surface area contributed by atoms with Gasteiger partial charge in [0.1, 0.15) is 55.0 Å². The van der Waals surface area contributed by atoms with Crippen LogP contribution in [-0.4, -0.2) is 143 Å². The van der Waals surface area contributed by atoms with Crippen molar-refractivity contribution in [1.82, 2.24) is 45.0 Å². The van der Waals surface area contributed by atoms with E-state index in [2.05, 4.69) is 58.4 Å². The highest BCUT2D eigenvalue weighted by Crippen LogP contribution is 2.58. The van der Waals surface area contributed by atoms with E-state index in [1.165, 1.54) is 48.4 Å². The number of aromatic amines is 1. The van der Waals surface area contributed by atoms with E-state index < -0.39 is 110 Å². The van der Waals surface area contributed by atoms with Gasteiger partial charge < -0.3 is 63.4 Å². The Labute approximate surface area is 486 Å². The standard InChI is InChI=1S/C51H65N11O17P2S2/c1-27(2)38(57-49(68)77-51(4,5)6)45(66)55-28(3)43(64)56-32-14-12-29(13-15-32)23-72-50(69)61(7)22-31-10-8-9-11-34(31)44(65)59-48-58-42-39(46(67)60-48)54-26-62(42)47-41-40(63)36(76-47)24-74-81(71,83)78-35-21-33(75-37-16-18-52-25-53-37)20-30(35)17-19-73-80(70,82)79-41/h8-16,18,25-28,30,33,35-36,38,40-41,47,63H,17,19-24H2,1-7H3,(H,55,66)(H,56,64)(H,57,68)(H,70,82)(H,71,83)(H2,58,59,60,65,67)/t28-,30-,33+,35-,36+,38-,40+,41+,47+,80?,81?/m0/s1. The maximum absolute atomic E-state index is 14.0. The van der Waals surface area contributed by atoms with Crippen LogP contribution >= 0.6 is 25.8 Å². The molecule has 5 amide bonds. The predicted octanol–water partition coefficient (Wildman–Crippen LogP) is 5.50. The number of nitrogens with one attached hydrogen (secondary N) is 5. The third kappa shape index (κ3) is 16.7. The van der Waals surface area contributed by atoms with E-state index >= 15 is 0 Å². The number of fused-ring (bicyclic) bond motifs is 4. The molecule has 32 heteroatoms. The van der Waals surface area contributed by atoms with Crippen LogP contribution in [0, 0.1) is 11.8 Å². The molecule has 3 aliphatic rings. The molecule has 11 atom stereocenters. The summed E-state index contributed by atoms with van der Waals surface area (Å²) in [5, 5.41) is 22.1. The van der Waals surface area contributed by atoms with Gasteiger partial charge in [-0.15, -0.1) is 0 Å². The van der Waals surface area contributed by atoms with E-state index in [1.807, 2.05) is 0 Å². The molecule has 1 saturated carbocycles. The fourth-order valence-electron chi connectivity index (χ4n) is 9.23. The Morgan fingerprint density at radius 1 is 0.976 bits per heavy atom. The number of carbonyl (C=O) groups excluding carboxylic acids is 5. The number of carbonyl (C=O) groups is 5. The van der Waals surface area contributed by atoms with Crippen LogP contribution in [0.3, 0.4) is 0 Å². The molecule has 5 heterocycles. The molecular formula is C51H65N11O17P2S2. The number of anilines is 2. The van der Waals surface area contributed by atoms with E-state index in [-0.39, 0.29) is 60.7 Å². The van der Waals surface area contributed by atoms with Crippen molar-refractivity contribution in [3.63, 3.8) is 0 Å². The molecule has 1 aliphatic carbocycles. The molecule has 2 saturated heterocycles. The smallest absolute Gasteiger partial charge is 0.410 e. The maximum Gasteiger partial charge on any atom is 0.410 e. The molecule has 0 spiro atoms. The Balaban J connectivity index is 0.873. The SMILES string of the molecule is CC(C)[C@H](NC(=O)OC(C)(C)C)C(=O)N[C@@H](C)C(=O)Nc1ccc(COC(=O)N(C)Cc2ccccc2C(=O)Nc2nc3c(ncn3[C@@H]3O[C@@H]4COP(O)(=S)O[C@H]5C[C@H](Oc6ccncn6)C[C@@H]5CCOP(=O)(S)O[C@@H]3[C@@H]4O)c(=O)[nH]2)cc1. The van der Waals surface area contributed by atoms with Crippen molar-refractivity contribution in [3.8, 4) is 5.88 Å². The van der Waals surface area contributed by atoms with Gasteiger partial charge in [-0.3, -0.25) is 38.6 Å². The van der Waals surface area contributed by atoms with Crippen LogP contribution in [0.1, 0.15) is 88.5 Å². The zero-order valence-electron chi connectivity index (χ0n) is 46.1. The van der Waals surface area contributed by atoms with Crippen molar-refractivity contribution in [2.24, 2.45) is 11.8 Å². The molecule has 8 rings (SSSR count). The highest BCUT2D eigenvalue weighted by molar-refractivity contribution is 8.44. The number of alkyl carbamates (subject to hydrolysis) is 1. The van der Waals surface area contributed by atoms with Crippen LogP contribution in [0.15, 0.2) is 78.2 Å². The highest BCUT2D eigenvalue weighted by atomic mass is 32.7.